The van der Waals surface area contributed by atoms with E-state index in [2.05, 4.69) is 4.98 Å². The molecule has 0 bridgehead atoms. The Morgan fingerprint density at radius 2 is 2.07 bits per heavy atom. The molecule has 1 aromatic carbocycles. The van der Waals surface area contributed by atoms with Gasteiger partial charge in [-0.3, -0.25) is 4.98 Å². The van der Waals surface area contributed by atoms with Gasteiger partial charge >= 0.3 is 0 Å². The lowest BCUT2D eigenvalue weighted by Gasteiger charge is -2.04. The number of nitrogen functional groups attached to an aromatic ring is 1. The van der Waals surface area contributed by atoms with Gasteiger partial charge in [0, 0.05) is 11.5 Å². The molecule has 0 spiro atoms. The van der Waals surface area contributed by atoms with Gasteiger partial charge in [-0.1, -0.05) is 0 Å². The Labute approximate surface area is 82.5 Å². The zero-order chi connectivity index (χ0) is 10.1. The molecule has 72 valence electrons. The number of aryl methyl sites for hydroxylation is 1. The summed E-state index contributed by atoms with van der Waals surface area (Å²) in [5.74, 6) is 0.814. The average molecular weight is 188 g/mol. The number of nitrogens with zero attached hydrogens (tertiary/aromatic N) is 1. The number of pyridine rings is 1. The molecule has 0 fully saturated rings. The Hall–Kier alpha value is -1.77. The number of aromatic nitrogens is 1. The Kier molecular flexibility index (Phi) is 2.00. The van der Waals surface area contributed by atoms with E-state index in [0.29, 0.717) is 0 Å². The molecule has 0 radical (unpaired) electrons. The summed E-state index contributed by atoms with van der Waals surface area (Å²) in [5, 5.41) is 1.04. The molecule has 0 amide bonds. The first-order chi connectivity index (χ1) is 6.70. The van der Waals surface area contributed by atoms with Crippen molar-refractivity contribution < 1.29 is 4.74 Å². The van der Waals surface area contributed by atoms with Gasteiger partial charge in [0.05, 0.1) is 24.0 Å². The topological polar surface area (TPSA) is 48.1 Å². The first kappa shape index (κ1) is 8.81. The Bertz CT molecular complexity index is 480. The van der Waals surface area contributed by atoms with Crippen LogP contribution in [0.1, 0.15) is 5.69 Å². The number of nitrogens with two attached hydrogens (primary N) is 1. The maximum atomic E-state index is 5.76. The van der Waals surface area contributed by atoms with Crippen molar-refractivity contribution in [2.75, 3.05) is 12.8 Å². The van der Waals surface area contributed by atoms with Crippen LogP contribution in [-0.2, 0) is 0 Å². The molecule has 3 nitrogen and oxygen atoms in total. The SMILES string of the molecule is COc1ccc2cc(N)c(C)nc2c1. The van der Waals surface area contributed by atoms with Gasteiger partial charge in [-0.25, -0.2) is 0 Å². The van der Waals surface area contributed by atoms with E-state index in [1.165, 1.54) is 0 Å². The third-order valence-electron chi connectivity index (χ3n) is 2.25. The molecule has 1 heterocycles. The van der Waals surface area contributed by atoms with Crippen LogP contribution >= 0.6 is 0 Å². The van der Waals surface area contributed by atoms with Gasteiger partial charge in [0.15, 0.2) is 0 Å². The fourth-order valence-electron chi connectivity index (χ4n) is 1.39. The standard InChI is InChI=1S/C11H12N2O/c1-7-10(12)5-8-3-4-9(14-2)6-11(8)13-7/h3-6H,12H2,1-2H3. The quantitative estimate of drug-likeness (QED) is 0.745. The van der Waals surface area contributed by atoms with Crippen LogP contribution in [0.15, 0.2) is 24.3 Å². The third kappa shape index (κ3) is 1.37. The van der Waals surface area contributed by atoms with Gasteiger partial charge in [0.25, 0.3) is 0 Å². The summed E-state index contributed by atoms with van der Waals surface area (Å²) in [7, 11) is 1.64. The Morgan fingerprint density at radius 1 is 1.29 bits per heavy atom. The zero-order valence-corrected chi connectivity index (χ0v) is 8.24. The third-order valence-corrected chi connectivity index (χ3v) is 2.25. The van der Waals surface area contributed by atoms with Crippen LogP contribution in [0.25, 0.3) is 10.9 Å². The minimum Gasteiger partial charge on any atom is -0.497 e. The summed E-state index contributed by atoms with van der Waals surface area (Å²) in [6.45, 7) is 1.90. The molecule has 0 aliphatic rings. The highest BCUT2D eigenvalue weighted by Gasteiger charge is 2.01. The summed E-state index contributed by atoms with van der Waals surface area (Å²) in [6, 6.07) is 7.69. The lowest BCUT2D eigenvalue weighted by atomic mass is 10.2. The predicted octanol–water partition coefficient (Wildman–Crippen LogP) is 2.13. The monoisotopic (exact) mass is 188 g/mol. The second kappa shape index (κ2) is 3.18. The molecule has 0 saturated carbocycles. The number of hydrogen-bond donors (Lipinski definition) is 1. The number of anilines is 1. The average Bonchev–Trinajstić information content (AvgIpc) is 2.19. The molecule has 0 atom stereocenters. The van der Waals surface area contributed by atoms with Crippen molar-refractivity contribution in [3.05, 3.63) is 30.0 Å². The number of hydrogen-bond acceptors (Lipinski definition) is 3. The zero-order valence-electron chi connectivity index (χ0n) is 8.24. The molecule has 0 saturated heterocycles. The minimum absolute atomic E-state index is 0.725. The number of methoxy groups -OCH3 is 1. The number of rotatable bonds is 1. The van der Waals surface area contributed by atoms with Gasteiger partial charge in [-0.05, 0) is 25.1 Å². The molecule has 2 aromatic rings. The molecule has 2 rings (SSSR count). The predicted molar refractivity (Wildman–Crippen MR) is 57.4 cm³/mol. The van der Waals surface area contributed by atoms with Crippen LogP contribution in [-0.4, -0.2) is 12.1 Å². The molecule has 3 heteroatoms. The number of fused-ring (bicyclic) bond motifs is 1. The van der Waals surface area contributed by atoms with Crippen molar-refractivity contribution in [3.8, 4) is 5.75 Å². The summed E-state index contributed by atoms with van der Waals surface area (Å²) in [4.78, 5) is 4.38. The van der Waals surface area contributed by atoms with Crippen molar-refractivity contribution in [1.29, 1.82) is 0 Å². The molecule has 0 unspecified atom stereocenters. The van der Waals surface area contributed by atoms with Crippen LogP contribution in [0.5, 0.6) is 5.75 Å². The van der Waals surface area contributed by atoms with E-state index < -0.39 is 0 Å². The highest BCUT2D eigenvalue weighted by Crippen LogP contribution is 2.22. The fraction of sp³-hybridized carbons (Fsp3) is 0.182. The van der Waals surface area contributed by atoms with Gasteiger partial charge in [-0.15, -0.1) is 0 Å². The van der Waals surface area contributed by atoms with Gasteiger partial charge in [-0.2, -0.15) is 0 Å². The van der Waals surface area contributed by atoms with Crippen molar-refractivity contribution in [3.63, 3.8) is 0 Å². The molecule has 14 heavy (non-hydrogen) atoms. The molecule has 0 aliphatic carbocycles. The first-order valence-corrected chi connectivity index (χ1v) is 4.41. The van der Waals surface area contributed by atoms with Crippen LogP contribution in [0.3, 0.4) is 0 Å². The van der Waals surface area contributed by atoms with E-state index in [4.69, 9.17) is 10.5 Å². The maximum absolute atomic E-state index is 5.76. The molecule has 1 aromatic heterocycles. The van der Waals surface area contributed by atoms with Crippen molar-refractivity contribution in [2.24, 2.45) is 0 Å². The minimum atomic E-state index is 0.725. The van der Waals surface area contributed by atoms with Crippen LogP contribution in [0.2, 0.25) is 0 Å². The lowest BCUT2D eigenvalue weighted by Crippen LogP contribution is -1.93. The Balaban J connectivity index is 2.70. The highest BCUT2D eigenvalue weighted by atomic mass is 16.5. The van der Waals surface area contributed by atoms with Crippen molar-refractivity contribution in [1.82, 2.24) is 4.98 Å². The van der Waals surface area contributed by atoms with Gasteiger partial charge in [0.2, 0.25) is 0 Å². The molecule has 2 N–H and O–H groups in total. The van der Waals surface area contributed by atoms with E-state index in [1.807, 2.05) is 31.2 Å². The smallest absolute Gasteiger partial charge is 0.121 e. The van der Waals surface area contributed by atoms with E-state index >= 15 is 0 Å². The van der Waals surface area contributed by atoms with Crippen LogP contribution in [0, 0.1) is 6.92 Å². The second-order valence-electron chi connectivity index (χ2n) is 3.22. The van der Waals surface area contributed by atoms with E-state index in [1.54, 1.807) is 7.11 Å². The van der Waals surface area contributed by atoms with Crippen molar-refractivity contribution in [2.45, 2.75) is 6.92 Å². The summed E-state index contributed by atoms with van der Waals surface area (Å²) >= 11 is 0. The fourth-order valence-corrected chi connectivity index (χ4v) is 1.39. The first-order valence-electron chi connectivity index (χ1n) is 4.41. The van der Waals surface area contributed by atoms with E-state index in [-0.39, 0.29) is 0 Å². The second-order valence-corrected chi connectivity index (χ2v) is 3.22. The van der Waals surface area contributed by atoms with Gasteiger partial charge < -0.3 is 10.5 Å². The van der Waals surface area contributed by atoms with Crippen LogP contribution < -0.4 is 10.5 Å². The summed E-state index contributed by atoms with van der Waals surface area (Å²) in [6.07, 6.45) is 0. The lowest BCUT2D eigenvalue weighted by molar-refractivity contribution is 0.415. The number of benzene rings is 1. The molecule has 0 aliphatic heterocycles. The normalized spacial score (nSPS) is 10.4. The molecular weight excluding hydrogens is 176 g/mol. The van der Waals surface area contributed by atoms with E-state index in [9.17, 15) is 0 Å². The highest BCUT2D eigenvalue weighted by molar-refractivity contribution is 5.83. The molecular formula is C11H12N2O. The maximum Gasteiger partial charge on any atom is 0.121 e. The Morgan fingerprint density at radius 3 is 2.79 bits per heavy atom. The summed E-state index contributed by atoms with van der Waals surface area (Å²) in [5.41, 5.74) is 8.25. The van der Waals surface area contributed by atoms with Gasteiger partial charge in [0.1, 0.15) is 5.75 Å². The largest absolute Gasteiger partial charge is 0.497 e. The number of ether oxygens (including phenoxy) is 1. The van der Waals surface area contributed by atoms with Crippen molar-refractivity contribution >= 4 is 16.6 Å². The summed E-state index contributed by atoms with van der Waals surface area (Å²) < 4.78 is 5.12. The van der Waals surface area contributed by atoms with E-state index in [0.717, 1.165) is 28.0 Å². The van der Waals surface area contributed by atoms with Crippen LogP contribution in [0.4, 0.5) is 5.69 Å².